The van der Waals surface area contributed by atoms with Crippen LogP contribution in [0, 0.1) is 5.92 Å². The number of amides is 1. The second-order valence-corrected chi connectivity index (χ2v) is 9.35. The van der Waals surface area contributed by atoms with Crippen molar-refractivity contribution in [3.05, 3.63) is 47.6 Å². The molecule has 1 saturated heterocycles. The molecule has 0 radical (unpaired) electrons. The Morgan fingerprint density at radius 3 is 2.67 bits per heavy atom. The maximum absolute atomic E-state index is 12.8. The van der Waals surface area contributed by atoms with Crippen LogP contribution in [0.25, 0.3) is 22.8 Å². The van der Waals surface area contributed by atoms with Crippen molar-refractivity contribution in [2.24, 2.45) is 5.92 Å². The van der Waals surface area contributed by atoms with Crippen molar-refractivity contribution in [1.29, 1.82) is 0 Å². The van der Waals surface area contributed by atoms with Crippen molar-refractivity contribution >= 4 is 23.3 Å². The molecule has 0 unspecified atom stereocenters. The minimum absolute atomic E-state index is 0.0631. The van der Waals surface area contributed by atoms with Gasteiger partial charge >= 0.3 is 0 Å². The van der Waals surface area contributed by atoms with Gasteiger partial charge in [0, 0.05) is 41.8 Å². The van der Waals surface area contributed by atoms with E-state index in [-0.39, 0.29) is 11.8 Å². The topological polar surface area (TPSA) is 84.2 Å². The summed E-state index contributed by atoms with van der Waals surface area (Å²) in [7, 11) is 0. The summed E-state index contributed by atoms with van der Waals surface area (Å²) in [6, 6.07) is 11.5. The van der Waals surface area contributed by atoms with E-state index in [0.717, 1.165) is 55.7 Å². The lowest BCUT2D eigenvalue weighted by Crippen LogP contribution is -2.44. The van der Waals surface area contributed by atoms with Gasteiger partial charge in [-0.1, -0.05) is 48.2 Å². The zero-order valence-corrected chi connectivity index (χ0v) is 19.3. The lowest BCUT2D eigenvalue weighted by Gasteiger charge is -2.34. The first-order valence-electron chi connectivity index (χ1n) is 11.8. The van der Waals surface area contributed by atoms with Crippen molar-refractivity contribution in [2.45, 2.75) is 51.0 Å². The Labute approximate surface area is 198 Å². The summed E-state index contributed by atoms with van der Waals surface area (Å²) < 4.78 is 5.59. The predicted molar refractivity (Wildman–Crippen MR) is 128 cm³/mol. The fraction of sp³-hybridized carbons (Fsp3) is 0.440. The molecular formula is C25H28ClN5O2. The van der Waals surface area contributed by atoms with Gasteiger partial charge in [-0.3, -0.25) is 4.79 Å². The molecule has 1 aromatic carbocycles. The van der Waals surface area contributed by atoms with Crippen LogP contribution in [0.2, 0.25) is 5.02 Å². The number of aromatic nitrogens is 3. The monoisotopic (exact) mass is 465 g/mol. The van der Waals surface area contributed by atoms with Gasteiger partial charge in [0.15, 0.2) is 0 Å². The zero-order valence-electron chi connectivity index (χ0n) is 18.5. The molecule has 0 spiro atoms. The quantitative estimate of drug-likeness (QED) is 0.563. The summed E-state index contributed by atoms with van der Waals surface area (Å²) >= 11 is 6.10. The van der Waals surface area contributed by atoms with Crippen LogP contribution in [0.15, 0.2) is 47.1 Å². The van der Waals surface area contributed by atoms with Crippen LogP contribution in [0.5, 0.6) is 0 Å². The third kappa shape index (κ3) is 5.03. The Bertz CT molecular complexity index is 1100. The van der Waals surface area contributed by atoms with Gasteiger partial charge < -0.3 is 14.7 Å². The number of hydrogen-bond acceptors (Lipinski definition) is 6. The van der Waals surface area contributed by atoms with Gasteiger partial charge in [0.1, 0.15) is 5.82 Å². The van der Waals surface area contributed by atoms with Gasteiger partial charge in [-0.25, -0.2) is 4.98 Å². The van der Waals surface area contributed by atoms with Crippen molar-refractivity contribution in [3.63, 3.8) is 0 Å². The molecule has 2 aromatic heterocycles. The van der Waals surface area contributed by atoms with Gasteiger partial charge in [-0.05, 0) is 49.9 Å². The number of carbonyl (C=O) groups is 1. The third-order valence-electron chi connectivity index (χ3n) is 6.64. The maximum Gasteiger partial charge on any atom is 0.261 e. The largest absolute Gasteiger partial charge is 0.356 e. The van der Waals surface area contributed by atoms with E-state index in [1.807, 2.05) is 36.4 Å². The zero-order chi connectivity index (χ0) is 22.6. The number of halogens is 1. The number of rotatable bonds is 5. The number of benzene rings is 1. The lowest BCUT2D eigenvalue weighted by atomic mass is 9.92. The number of nitrogens with zero attached hydrogens (tertiary/aromatic N) is 4. The Balaban J connectivity index is 1.27. The van der Waals surface area contributed by atoms with E-state index in [1.165, 1.54) is 19.3 Å². The minimum Gasteiger partial charge on any atom is -0.356 e. The molecule has 3 heterocycles. The fourth-order valence-corrected chi connectivity index (χ4v) is 5.00. The van der Waals surface area contributed by atoms with Gasteiger partial charge in [0.2, 0.25) is 11.7 Å². The Morgan fingerprint density at radius 2 is 1.88 bits per heavy atom. The summed E-state index contributed by atoms with van der Waals surface area (Å²) in [5.74, 6) is 2.00. The molecule has 3 aromatic rings. The van der Waals surface area contributed by atoms with E-state index in [9.17, 15) is 4.79 Å². The molecule has 33 heavy (non-hydrogen) atoms. The van der Waals surface area contributed by atoms with Gasteiger partial charge in [0.05, 0.1) is 5.56 Å². The maximum atomic E-state index is 12.8. The van der Waals surface area contributed by atoms with Crippen LogP contribution in [0.3, 0.4) is 0 Å². The number of nitrogens with one attached hydrogen (secondary N) is 1. The molecule has 0 bridgehead atoms. The molecule has 1 amide bonds. The smallest absolute Gasteiger partial charge is 0.261 e. The number of hydrogen-bond donors (Lipinski definition) is 1. The number of piperidine rings is 1. The van der Waals surface area contributed by atoms with Crippen LogP contribution in [-0.4, -0.2) is 40.2 Å². The summed E-state index contributed by atoms with van der Waals surface area (Å²) in [6.45, 7) is 1.53. The first-order chi connectivity index (χ1) is 16.2. The Kier molecular flexibility index (Phi) is 6.58. The highest BCUT2D eigenvalue weighted by Crippen LogP contribution is 2.32. The van der Waals surface area contributed by atoms with Crippen LogP contribution in [0.4, 0.5) is 5.82 Å². The Morgan fingerprint density at radius 1 is 1.06 bits per heavy atom. The van der Waals surface area contributed by atoms with E-state index in [1.54, 1.807) is 6.20 Å². The van der Waals surface area contributed by atoms with Crippen LogP contribution in [-0.2, 0) is 4.79 Å². The van der Waals surface area contributed by atoms with E-state index in [4.69, 9.17) is 16.1 Å². The molecule has 5 rings (SSSR count). The molecule has 0 atom stereocenters. The van der Waals surface area contributed by atoms with Crippen LogP contribution in [0.1, 0.15) is 44.9 Å². The minimum atomic E-state index is 0.0631. The Hall–Kier alpha value is -2.93. The molecule has 2 fully saturated rings. The number of anilines is 1. The average molecular weight is 466 g/mol. The number of pyridine rings is 1. The fourth-order valence-electron chi connectivity index (χ4n) is 4.81. The summed E-state index contributed by atoms with van der Waals surface area (Å²) in [4.78, 5) is 24.2. The third-order valence-corrected chi connectivity index (χ3v) is 6.88. The molecular weight excluding hydrogens is 438 g/mol. The highest BCUT2D eigenvalue weighted by molar-refractivity contribution is 6.30. The highest BCUT2D eigenvalue weighted by atomic mass is 35.5. The van der Waals surface area contributed by atoms with E-state index in [2.05, 4.69) is 25.3 Å². The molecule has 1 aliphatic carbocycles. The SMILES string of the molecule is O=C(NC1CCCCC1)C1CCN(c2ncccc2-c2nc(-c3cccc(Cl)c3)no2)CC1. The van der Waals surface area contributed by atoms with Crippen LogP contribution >= 0.6 is 11.6 Å². The van der Waals surface area contributed by atoms with E-state index < -0.39 is 0 Å². The molecule has 172 valence electrons. The summed E-state index contributed by atoms with van der Waals surface area (Å²) in [5, 5.41) is 8.05. The molecule has 2 aliphatic rings. The molecule has 8 heteroatoms. The van der Waals surface area contributed by atoms with Crippen LogP contribution < -0.4 is 10.2 Å². The van der Waals surface area contributed by atoms with E-state index in [0.29, 0.717) is 22.8 Å². The normalized spacial score (nSPS) is 17.8. The van der Waals surface area contributed by atoms with Crippen molar-refractivity contribution < 1.29 is 9.32 Å². The second kappa shape index (κ2) is 9.91. The predicted octanol–water partition coefficient (Wildman–Crippen LogP) is 5.12. The summed E-state index contributed by atoms with van der Waals surface area (Å²) in [5.41, 5.74) is 1.59. The molecule has 1 saturated carbocycles. The summed E-state index contributed by atoms with van der Waals surface area (Å²) in [6.07, 6.45) is 9.36. The first-order valence-corrected chi connectivity index (χ1v) is 12.2. The molecule has 7 nitrogen and oxygen atoms in total. The highest BCUT2D eigenvalue weighted by Gasteiger charge is 2.29. The van der Waals surface area contributed by atoms with Crippen molar-refractivity contribution in [3.8, 4) is 22.8 Å². The number of carbonyl (C=O) groups excluding carboxylic acids is 1. The molecule has 1 aliphatic heterocycles. The van der Waals surface area contributed by atoms with E-state index >= 15 is 0 Å². The standard InChI is InChI=1S/C25H28ClN5O2/c26-19-7-4-6-18(16-19)22-29-25(33-30-22)21-10-5-13-27-23(21)31-14-11-17(12-15-31)24(32)28-20-8-2-1-3-9-20/h4-7,10,13,16-17,20H,1-3,8-9,11-12,14-15H2,(H,28,32). The lowest BCUT2D eigenvalue weighted by molar-refractivity contribution is -0.126. The van der Waals surface area contributed by atoms with Gasteiger partial charge in [-0.2, -0.15) is 4.98 Å². The second-order valence-electron chi connectivity index (χ2n) is 8.91. The first kappa shape index (κ1) is 21.9. The molecule has 1 N–H and O–H groups in total. The van der Waals surface area contributed by atoms with Gasteiger partial charge in [0.25, 0.3) is 5.89 Å². The van der Waals surface area contributed by atoms with Crippen molar-refractivity contribution in [2.75, 3.05) is 18.0 Å². The van der Waals surface area contributed by atoms with Crippen molar-refractivity contribution in [1.82, 2.24) is 20.4 Å². The average Bonchev–Trinajstić information content (AvgIpc) is 3.35. The van der Waals surface area contributed by atoms with Gasteiger partial charge in [-0.15, -0.1) is 0 Å².